The zero-order valence-electron chi connectivity index (χ0n) is 27.2. The molecule has 4 aromatic rings. The summed E-state index contributed by atoms with van der Waals surface area (Å²) in [5.41, 5.74) is 0. The van der Waals surface area contributed by atoms with E-state index in [1.807, 2.05) is 6.08 Å². The lowest BCUT2D eigenvalue weighted by Crippen LogP contribution is -2.66. The fraction of sp³-hybridized carbons (Fsp3) is 0.410. The van der Waals surface area contributed by atoms with Gasteiger partial charge in [0.05, 0.1) is 18.3 Å². The third-order valence-corrected chi connectivity index (χ3v) is 15.9. The third kappa shape index (κ3) is 7.72. The normalized spacial score (nSPS) is 21.2. The average Bonchev–Trinajstić information content (AvgIpc) is 3.58. The van der Waals surface area contributed by atoms with Gasteiger partial charge in [-0.15, -0.1) is 11.3 Å². The van der Waals surface area contributed by atoms with Crippen molar-refractivity contribution in [2.75, 3.05) is 0 Å². The number of rotatable bonds is 14. The van der Waals surface area contributed by atoms with Crippen LogP contribution in [0.15, 0.2) is 103 Å². The van der Waals surface area contributed by atoms with Crippen molar-refractivity contribution in [3.05, 3.63) is 108 Å². The second-order valence-corrected chi connectivity index (χ2v) is 19.1. The number of benzene rings is 3. The van der Waals surface area contributed by atoms with Gasteiger partial charge in [-0.2, -0.15) is 0 Å². The van der Waals surface area contributed by atoms with Crippen LogP contribution in [0.1, 0.15) is 76.7 Å². The molecule has 0 bridgehead atoms. The van der Waals surface area contributed by atoms with Gasteiger partial charge in [0.25, 0.3) is 8.32 Å². The summed E-state index contributed by atoms with van der Waals surface area (Å²) < 4.78 is 8.97. The van der Waals surface area contributed by atoms with Crippen molar-refractivity contribution in [3.63, 3.8) is 0 Å². The maximum Gasteiger partial charge on any atom is 0.303 e. The molecule has 1 aromatic heterocycles. The van der Waals surface area contributed by atoms with Crippen LogP contribution in [0.25, 0.3) is 10.1 Å². The first kappa shape index (κ1) is 34.3. The molecule has 1 saturated carbocycles. The van der Waals surface area contributed by atoms with Gasteiger partial charge in [0.15, 0.2) is 0 Å². The van der Waals surface area contributed by atoms with E-state index in [2.05, 4.69) is 118 Å². The number of allylic oxidation sites excluding steroid dienone is 2. The van der Waals surface area contributed by atoms with Gasteiger partial charge < -0.3 is 19.7 Å². The molecule has 0 saturated heterocycles. The van der Waals surface area contributed by atoms with Crippen molar-refractivity contribution in [3.8, 4) is 0 Å². The van der Waals surface area contributed by atoms with Crippen LogP contribution >= 0.6 is 11.3 Å². The second kappa shape index (κ2) is 15.2. The largest absolute Gasteiger partial charge is 0.481 e. The van der Waals surface area contributed by atoms with Crippen LogP contribution in [-0.2, 0) is 9.22 Å². The van der Waals surface area contributed by atoms with Crippen molar-refractivity contribution in [2.24, 2.45) is 11.8 Å². The van der Waals surface area contributed by atoms with E-state index in [4.69, 9.17) is 9.53 Å². The summed E-state index contributed by atoms with van der Waals surface area (Å²) in [6.45, 7) is 6.91. The van der Waals surface area contributed by atoms with Crippen LogP contribution in [0, 0.1) is 11.8 Å². The molecule has 0 radical (unpaired) electrons. The molecule has 0 amide bonds. The standard InChI is InChI=1S/C39H48O5SSi/c1-39(2,3)46(29-17-8-6-9-18-29,30-19-10-7-11-20-30)44-35(37-26-28-16-14-15-22-36(28)45-37)25-24-32-31(33(40)27-34(32)41)21-12-4-5-13-23-38(42)43/h4,6-12,14-20,22,26,31-35,40-41H,5,13,21,23-25,27H2,1-3H3,(H,42,43)/t31-,32-,33+,34-,35?/m1/s1. The van der Waals surface area contributed by atoms with Gasteiger partial charge in [-0.25, -0.2) is 0 Å². The van der Waals surface area contributed by atoms with Crippen molar-refractivity contribution in [1.82, 2.24) is 0 Å². The minimum absolute atomic E-state index is 0.0540. The number of carbonyl (C=O) groups is 1. The van der Waals surface area contributed by atoms with E-state index in [0.29, 0.717) is 25.7 Å². The van der Waals surface area contributed by atoms with E-state index in [1.54, 1.807) is 11.3 Å². The summed E-state index contributed by atoms with van der Waals surface area (Å²) in [4.78, 5) is 12.0. The molecule has 1 unspecified atom stereocenters. The summed E-state index contributed by atoms with van der Waals surface area (Å²) in [6.07, 6.45) is 6.70. The highest BCUT2D eigenvalue weighted by atomic mass is 32.1. The quantitative estimate of drug-likeness (QED) is 0.0731. The van der Waals surface area contributed by atoms with Gasteiger partial charge >= 0.3 is 5.97 Å². The molecule has 3 N–H and O–H groups in total. The van der Waals surface area contributed by atoms with Crippen LogP contribution in [0.5, 0.6) is 0 Å². The van der Waals surface area contributed by atoms with E-state index in [9.17, 15) is 15.0 Å². The third-order valence-electron chi connectivity index (χ3n) is 9.62. The molecule has 5 atom stereocenters. The van der Waals surface area contributed by atoms with Crippen LogP contribution in [-0.4, -0.2) is 41.8 Å². The Morgan fingerprint density at radius 3 is 2.13 bits per heavy atom. The van der Waals surface area contributed by atoms with Gasteiger partial charge in [0.2, 0.25) is 0 Å². The number of carboxylic acids is 1. The number of aliphatic carboxylic acids is 1. The van der Waals surface area contributed by atoms with Crippen molar-refractivity contribution in [1.29, 1.82) is 0 Å². The van der Waals surface area contributed by atoms with Crippen LogP contribution < -0.4 is 10.4 Å². The maximum absolute atomic E-state index is 11.2. The highest BCUT2D eigenvalue weighted by molar-refractivity contribution is 7.19. The van der Waals surface area contributed by atoms with Gasteiger partial charge in [-0.3, -0.25) is 4.79 Å². The molecule has 1 aliphatic carbocycles. The summed E-state index contributed by atoms with van der Waals surface area (Å²) in [5.74, 6) is -0.892. The Morgan fingerprint density at radius 1 is 0.913 bits per heavy atom. The Hall–Kier alpha value is -3.07. The van der Waals surface area contributed by atoms with Crippen molar-refractivity contribution in [2.45, 2.75) is 89.1 Å². The molecule has 3 aromatic carbocycles. The number of aliphatic hydroxyl groups is 2. The molecular weight excluding hydrogens is 609 g/mol. The molecule has 0 aliphatic heterocycles. The van der Waals surface area contributed by atoms with E-state index in [0.717, 1.165) is 12.8 Å². The number of fused-ring (bicyclic) bond motifs is 1. The van der Waals surface area contributed by atoms with Gasteiger partial charge in [-0.05, 0) is 83.3 Å². The molecule has 0 spiro atoms. The number of thiophene rings is 1. The average molecular weight is 657 g/mol. The lowest BCUT2D eigenvalue weighted by Gasteiger charge is -2.45. The molecule has 5 rings (SSSR count). The van der Waals surface area contributed by atoms with E-state index in [1.165, 1.54) is 25.3 Å². The topological polar surface area (TPSA) is 87.0 Å². The maximum atomic E-state index is 11.2. The summed E-state index contributed by atoms with van der Waals surface area (Å²) in [7, 11) is -2.87. The molecular formula is C39H48O5SSi. The number of unbranched alkanes of at least 4 members (excludes halogenated alkanes) is 1. The molecule has 46 heavy (non-hydrogen) atoms. The van der Waals surface area contributed by atoms with Gasteiger partial charge in [-0.1, -0.05) is 112 Å². The first-order valence-electron chi connectivity index (χ1n) is 16.6. The number of hydrogen-bond donors (Lipinski definition) is 3. The summed E-state index contributed by atoms with van der Waals surface area (Å²) in [6, 6.07) is 32.2. The first-order chi connectivity index (χ1) is 22.1. The molecule has 7 heteroatoms. The molecule has 1 fully saturated rings. The van der Waals surface area contributed by atoms with E-state index < -0.39 is 26.5 Å². The highest BCUT2D eigenvalue weighted by Crippen LogP contribution is 2.45. The number of carboxylic acid groups (broad SMARTS) is 1. The van der Waals surface area contributed by atoms with E-state index >= 15 is 0 Å². The Kier molecular flexibility index (Phi) is 11.3. The van der Waals surface area contributed by atoms with Crippen LogP contribution in [0.3, 0.4) is 0 Å². The Labute approximate surface area is 278 Å². The lowest BCUT2D eigenvalue weighted by molar-refractivity contribution is -0.137. The van der Waals surface area contributed by atoms with Crippen molar-refractivity contribution < 1.29 is 24.5 Å². The van der Waals surface area contributed by atoms with Gasteiger partial charge in [0.1, 0.15) is 0 Å². The number of hydrogen-bond acceptors (Lipinski definition) is 5. The molecule has 5 nitrogen and oxygen atoms in total. The van der Waals surface area contributed by atoms with Crippen LogP contribution in [0.2, 0.25) is 5.04 Å². The first-order valence-corrected chi connectivity index (χ1v) is 19.3. The highest BCUT2D eigenvalue weighted by Gasteiger charge is 2.52. The fourth-order valence-corrected chi connectivity index (χ4v) is 13.2. The molecule has 1 aliphatic rings. The number of aliphatic hydroxyl groups excluding tert-OH is 2. The van der Waals surface area contributed by atoms with E-state index in [-0.39, 0.29) is 29.4 Å². The molecule has 244 valence electrons. The van der Waals surface area contributed by atoms with Gasteiger partial charge in [0, 0.05) is 16.0 Å². The summed E-state index contributed by atoms with van der Waals surface area (Å²) in [5, 5.41) is 34.6. The second-order valence-electron chi connectivity index (χ2n) is 13.7. The minimum atomic E-state index is -2.87. The Morgan fingerprint density at radius 2 is 1.52 bits per heavy atom. The monoisotopic (exact) mass is 656 g/mol. The van der Waals surface area contributed by atoms with Crippen LogP contribution in [0.4, 0.5) is 0 Å². The predicted octanol–water partition coefficient (Wildman–Crippen LogP) is 7.86. The smallest absolute Gasteiger partial charge is 0.303 e. The fourth-order valence-electron chi connectivity index (χ4n) is 7.32. The Bertz CT molecular complexity index is 1510. The predicted molar refractivity (Wildman–Crippen MR) is 191 cm³/mol. The van der Waals surface area contributed by atoms with Crippen molar-refractivity contribution >= 4 is 46.1 Å². The lowest BCUT2D eigenvalue weighted by atomic mass is 9.86. The summed E-state index contributed by atoms with van der Waals surface area (Å²) >= 11 is 1.79. The SMILES string of the molecule is CC(C)(C)[Si](OC(CC[C@@H]1[C@@H](CC=CCCCC(=O)O)[C@@H](O)C[C@H]1O)c1cc2ccccc2s1)(c1ccccc1)c1ccccc1. The molecule has 1 heterocycles. The Balaban J connectivity index is 1.48. The zero-order chi connectivity index (χ0) is 32.7. The minimum Gasteiger partial charge on any atom is -0.481 e. The zero-order valence-corrected chi connectivity index (χ0v) is 29.0.